The van der Waals surface area contributed by atoms with Gasteiger partial charge in [-0.2, -0.15) is 13.2 Å². The van der Waals surface area contributed by atoms with Gasteiger partial charge in [-0.25, -0.2) is 8.42 Å². The summed E-state index contributed by atoms with van der Waals surface area (Å²) in [4.78, 5) is -0.153. The Morgan fingerprint density at radius 3 is 2.30 bits per heavy atom. The van der Waals surface area contributed by atoms with Gasteiger partial charge in [-0.15, -0.1) is 6.58 Å². The lowest BCUT2D eigenvalue weighted by Gasteiger charge is -2.24. The highest BCUT2D eigenvalue weighted by molar-refractivity contribution is 7.92. The van der Waals surface area contributed by atoms with E-state index in [2.05, 4.69) is 6.58 Å². The van der Waals surface area contributed by atoms with E-state index in [0.717, 1.165) is 22.5 Å². The molecule has 0 bridgehead atoms. The van der Waals surface area contributed by atoms with E-state index in [0.29, 0.717) is 5.75 Å². The molecular weight excluding hydrogens is 383 g/mol. The Kier molecular flexibility index (Phi) is 6.04. The van der Waals surface area contributed by atoms with Crippen molar-refractivity contribution in [2.75, 3.05) is 25.1 Å². The summed E-state index contributed by atoms with van der Waals surface area (Å²) in [6, 6.07) is 8.04. The van der Waals surface area contributed by atoms with Crippen LogP contribution in [0.5, 0.6) is 11.5 Å². The molecule has 0 fully saturated rings. The minimum absolute atomic E-state index is 0.125. The third kappa shape index (κ3) is 4.36. The second-order valence-electron chi connectivity index (χ2n) is 5.39. The maximum absolute atomic E-state index is 13.1. The molecule has 0 aromatic heterocycles. The van der Waals surface area contributed by atoms with E-state index in [1.807, 2.05) is 0 Å². The molecule has 0 N–H and O–H groups in total. The lowest BCUT2D eigenvalue weighted by molar-refractivity contribution is -0.137. The molecule has 0 amide bonds. The zero-order chi connectivity index (χ0) is 20.2. The summed E-state index contributed by atoms with van der Waals surface area (Å²) in [5, 5.41) is 0. The van der Waals surface area contributed by atoms with Crippen LogP contribution in [-0.4, -0.2) is 29.2 Å². The molecule has 0 aliphatic heterocycles. The SMILES string of the molecule is C=CCN(c1cccc(C(F)(F)F)c1)S(=O)(=O)c1ccc(OC)c(OC)c1. The fourth-order valence-electron chi connectivity index (χ4n) is 2.40. The van der Waals surface area contributed by atoms with E-state index in [9.17, 15) is 21.6 Å². The number of methoxy groups -OCH3 is 2. The molecule has 0 aliphatic carbocycles. The highest BCUT2D eigenvalue weighted by atomic mass is 32.2. The average molecular weight is 401 g/mol. The molecular formula is C18H18F3NO4S. The van der Waals surface area contributed by atoms with Gasteiger partial charge >= 0.3 is 6.18 Å². The second kappa shape index (κ2) is 7.91. The van der Waals surface area contributed by atoms with Crippen LogP contribution in [-0.2, 0) is 16.2 Å². The average Bonchev–Trinajstić information content (AvgIpc) is 2.64. The predicted octanol–water partition coefficient (Wildman–Crippen LogP) is 4.10. The van der Waals surface area contributed by atoms with Gasteiger partial charge in [0.05, 0.1) is 36.9 Å². The van der Waals surface area contributed by atoms with E-state index >= 15 is 0 Å². The van der Waals surface area contributed by atoms with Crippen molar-refractivity contribution in [2.24, 2.45) is 0 Å². The van der Waals surface area contributed by atoms with Gasteiger partial charge in [0.25, 0.3) is 10.0 Å². The molecule has 9 heteroatoms. The van der Waals surface area contributed by atoms with E-state index in [1.54, 1.807) is 0 Å². The monoisotopic (exact) mass is 401 g/mol. The minimum Gasteiger partial charge on any atom is -0.493 e. The van der Waals surface area contributed by atoms with E-state index in [1.165, 1.54) is 44.6 Å². The van der Waals surface area contributed by atoms with Crippen LogP contribution in [0.1, 0.15) is 5.56 Å². The Morgan fingerprint density at radius 1 is 1.07 bits per heavy atom. The summed E-state index contributed by atoms with van der Waals surface area (Å²) < 4.78 is 76.1. The molecule has 5 nitrogen and oxygen atoms in total. The number of benzene rings is 2. The summed E-state index contributed by atoms with van der Waals surface area (Å²) in [7, 11) is -1.43. The van der Waals surface area contributed by atoms with Crippen molar-refractivity contribution in [3.63, 3.8) is 0 Å². The van der Waals surface area contributed by atoms with Crippen molar-refractivity contribution < 1.29 is 31.1 Å². The van der Waals surface area contributed by atoms with Crippen LogP contribution in [0.3, 0.4) is 0 Å². The first-order valence-corrected chi connectivity index (χ1v) is 9.12. The number of hydrogen-bond donors (Lipinski definition) is 0. The number of rotatable bonds is 7. The molecule has 0 aliphatic rings. The van der Waals surface area contributed by atoms with E-state index < -0.39 is 21.8 Å². The number of nitrogens with zero attached hydrogens (tertiary/aromatic N) is 1. The molecule has 0 saturated heterocycles. The summed E-state index contributed by atoms with van der Waals surface area (Å²) in [6.45, 7) is 3.28. The third-order valence-electron chi connectivity index (χ3n) is 3.70. The van der Waals surface area contributed by atoms with Crippen molar-refractivity contribution in [2.45, 2.75) is 11.1 Å². The fraction of sp³-hybridized carbons (Fsp3) is 0.222. The molecule has 0 atom stereocenters. The number of anilines is 1. The van der Waals surface area contributed by atoms with E-state index in [-0.39, 0.29) is 22.9 Å². The molecule has 27 heavy (non-hydrogen) atoms. The topological polar surface area (TPSA) is 55.8 Å². The summed E-state index contributed by atoms with van der Waals surface area (Å²) >= 11 is 0. The summed E-state index contributed by atoms with van der Waals surface area (Å²) in [5.74, 6) is 0.506. The quantitative estimate of drug-likeness (QED) is 0.656. The number of halogens is 3. The highest BCUT2D eigenvalue weighted by Gasteiger charge is 2.32. The van der Waals surface area contributed by atoms with Crippen molar-refractivity contribution in [3.8, 4) is 11.5 Å². The van der Waals surface area contributed by atoms with Crippen molar-refractivity contribution in [1.29, 1.82) is 0 Å². The van der Waals surface area contributed by atoms with Gasteiger partial charge in [0.1, 0.15) is 0 Å². The Bertz CT molecular complexity index is 926. The van der Waals surface area contributed by atoms with Crippen LogP contribution < -0.4 is 13.8 Å². The van der Waals surface area contributed by atoms with Gasteiger partial charge in [-0.1, -0.05) is 12.1 Å². The second-order valence-corrected chi connectivity index (χ2v) is 7.25. The van der Waals surface area contributed by atoms with Crippen LogP contribution in [0.15, 0.2) is 60.0 Å². The first kappa shape index (κ1) is 20.6. The predicted molar refractivity (Wildman–Crippen MR) is 95.7 cm³/mol. The molecule has 0 heterocycles. The Hall–Kier alpha value is -2.68. The van der Waals surface area contributed by atoms with Crippen LogP contribution in [0.2, 0.25) is 0 Å². The molecule has 2 rings (SSSR count). The fourth-order valence-corrected chi connectivity index (χ4v) is 3.84. The maximum Gasteiger partial charge on any atom is 0.416 e. The Balaban J connectivity index is 2.57. The van der Waals surface area contributed by atoms with Crippen molar-refractivity contribution in [3.05, 3.63) is 60.7 Å². The van der Waals surface area contributed by atoms with Gasteiger partial charge in [-0.05, 0) is 30.3 Å². The number of ether oxygens (including phenoxy) is 2. The smallest absolute Gasteiger partial charge is 0.416 e. The first-order chi connectivity index (χ1) is 12.6. The van der Waals surface area contributed by atoms with Crippen LogP contribution in [0, 0.1) is 0 Å². The highest BCUT2D eigenvalue weighted by Crippen LogP contribution is 2.35. The largest absolute Gasteiger partial charge is 0.493 e. The summed E-state index contributed by atoms with van der Waals surface area (Å²) in [6.07, 6.45) is -3.30. The molecule has 0 saturated carbocycles. The van der Waals surface area contributed by atoms with Crippen LogP contribution in [0.4, 0.5) is 18.9 Å². The third-order valence-corrected chi connectivity index (χ3v) is 5.49. The van der Waals surface area contributed by atoms with Gasteiger partial charge in [0.15, 0.2) is 11.5 Å². The zero-order valence-corrected chi connectivity index (χ0v) is 15.5. The molecule has 0 radical (unpaired) electrons. The lowest BCUT2D eigenvalue weighted by atomic mass is 10.2. The van der Waals surface area contributed by atoms with Gasteiger partial charge in [-0.3, -0.25) is 4.31 Å². The molecule has 0 unspecified atom stereocenters. The normalized spacial score (nSPS) is 11.7. The Labute approximate surface area is 155 Å². The van der Waals surface area contributed by atoms with Crippen molar-refractivity contribution in [1.82, 2.24) is 0 Å². The van der Waals surface area contributed by atoms with Gasteiger partial charge in [0.2, 0.25) is 0 Å². The molecule has 146 valence electrons. The number of hydrogen-bond acceptors (Lipinski definition) is 4. The van der Waals surface area contributed by atoms with E-state index in [4.69, 9.17) is 9.47 Å². The standard InChI is InChI=1S/C18H18F3NO4S/c1-4-10-22(14-7-5-6-13(11-14)18(19,20)21)27(23,24)15-8-9-16(25-2)17(12-15)26-3/h4-9,11-12H,1,10H2,2-3H3. The molecule has 2 aromatic carbocycles. The number of alkyl halides is 3. The van der Waals surface area contributed by atoms with Crippen LogP contribution >= 0.6 is 0 Å². The summed E-state index contributed by atoms with van der Waals surface area (Å²) in [5.41, 5.74) is -1.07. The van der Waals surface area contributed by atoms with Crippen molar-refractivity contribution >= 4 is 15.7 Å². The minimum atomic E-state index is -4.59. The number of sulfonamides is 1. The lowest BCUT2D eigenvalue weighted by Crippen LogP contribution is -2.31. The van der Waals surface area contributed by atoms with Crippen LogP contribution in [0.25, 0.3) is 0 Å². The van der Waals surface area contributed by atoms with Gasteiger partial charge in [0, 0.05) is 6.07 Å². The zero-order valence-electron chi connectivity index (χ0n) is 14.7. The molecule has 0 spiro atoms. The maximum atomic E-state index is 13.1. The van der Waals surface area contributed by atoms with Gasteiger partial charge < -0.3 is 9.47 Å². The first-order valence-electron chi connectivity index (χ1n) is 7.68. The Morgan fingerprint density at radius 2 is 1.74 bits per heavy atom. The molecule has 2 aromatic rings.